The number of halogens is 6. The molecule has 2 rings (SSSR count). The number of benzene rings is 1. The summed E-state index contributed by atoms with van der Waals surface area (Å²) in [5.74, 6) is -0.653. The normalized spacial score (nSPS) is 24.5. The Hall–Kier alpha value is -1.36. The monoisotopic (exact) mass is 388 g/mol. The molecule has 1 fully saturated rings. The van der Waals surface area contributed by atoms with Gasteiger partial charge in [-0.25, -0.2) is 0 Å². The van der Waals surface area contributed by atoms with E-state index in [9.17, 15) is 26.3 Å². The maximum Gasteiger partial charge on any atom is 0.416 e. The summed E-state index contributed by atoms with van der Waals surface area (Å²) in [7, 11) is 3.96. The summed E-state index contributed by atoms with van der Waals surface area (Å²) in [6.45, 7) is 0. The Bertz CT molecular complexity index is 579. The molecule has 1 aliphatic heterocycles. The maximum absolute atomic E-state index is 13.1. The van der Waals surface area contributed by atoms with Gasteiger partial charge in [-0.2, -0.15) is 26.3 Å². The van der Waals surface area contributed by atoms with Gasteiger partial charge in [-0.05, 0) is 23.8 Å². The molecule has 148 valence electrons. The molecule has 1 saturated heterocycles. The number of methoxy groups -OCH3 is 3. The average Bonchev–Trinajstić information content (AvgIpc) is 2.98. The standard InChI is InChI=1S/C16H18F6O4/c1-23-12-7-11(14(24-2)25-3)13(26-12)8-4-9(15(17,18)19)6-10(5-8)16(20,21)22/h4-6,11-14H,7H2,1-3H3/t11-,12+,13-/m0/s1. The zero-order valence-corrected chi connectivity index (χ0v) is 14.1. The zero-order valence-electron chi connectivity index (χ0n) is 14.1. The first kappa shape index (κ1) is 20.9. The molecule has 0 spiro atoms. The lowest BCUT2D eigenvalue weighted by atomic mass is 9.91. The highest BCUT2D eigenvalue weighted by Crippen LogP contribution is 2.44. The first-order chi connectivity index (χ1) is 12.0. The summed E-state index contributed by atoms with van der Waals surface area (Å²) in [5.41, 5.74) is -3.08. The maximum atomic E-state index is 13.1. The van der Waals surface area contributed by atoms with Crippen LogP contribution in [0.15, 0.2) is 18.2 Å². The van der Waals surface area contributed by atoms with Crippen molar-refractivity contribution in [2.75, 3.05) is 21.3 Å². The summed E-state index contributed by atoms with van der Waals surface area (Å²) in [6.07, 6.45) is -12.5. The van der Waals surface area contributed by atoms with Crippen molar-refractivity contribution >= 4 is 0 Å². The van der Waals surface area contributed by atoms with Crippen LogP contribution in [-0.4, -0.2) is 33.9 Å². The van der Waals surface area contributed by atoms with E-state index in [2.05, 4.69) is 0 Å². The van der Waals surface area contributed by atoms with Crippen molar-refractivity contribution in [2.45, 2.75) is 37.5 Å². The minimum Gasteiger partial charge on any atom is -0.356 e. The first-order valence-electron chi connectivity index (χ1n) is 7.54. The third-order valence-electron chi connectivity index (χ3n) is 4.17. The summed E-state index contributed by atoms with van der Waals surface area (Å²) in [4.78, 5) is 0. The average molecular weight is 388 g/mol. The third kappa shape index (κ3) is 4.48. The second-order valence-electron chi connectivity index (χ2n) is 5.80. The van der Waals surface area contributed by atoms with Gasteiger partial charge in [0.15, 0.2) is 12.6 Å². The van der Waals surface area contributed by atoms with Crippen molar-refractivity contribution in [2.24, 2.45) is 5.92 Å². The zero-order chi connectivity index (χ0) is 19.7. The van der Waals surface area contributed by atoms with Gasteiger partial charge in [0.1, 0.15) is 0 Å². The molecule has 0 saturated carbocycles. The predicted octanol–water partition coefficient (Wildman–Crippen LogP) is 4.39. The van der Waals surface area contributed by atoms with Crippen LogP contribution in [0.4, 0.5) is 26.3 Å². The molecule has 0 radical (unpaired) electrons. The van der Waals surface area contributed by atoms with E-state index in [0.717, 1.165) is 0 Å². The van der Waals surface area contributed by atoms with Crippen LogP contribution in [0.2, 0.25) is 0 Å². The summed E-state index contributed by atoms with van der Waals surface area (Å²) < 4.78 is 99.2. The van der Waals surface area contributed by atoms with Gasteiger partial charge in [0.25, 0.3) is 0 Å². The smallest absolute Gasteiger partial charge is 0.356 e. The number of hydrogen-bond acceptors (Lipinski definition) is 4. The lowest BCUT2D eigenvalue weighted by Gasteiger charge is -2.26. The van der Waals surface area contributed by atoms with Gasteiger partial charge in [0, 0.05) is 33.7 Å². The van der Waals surface area contributed by atoms with Crippen molar-refractivity contribution < 1.29 is 45.3 Å². The molecular formula is C16H18F6O4. The molecule has 0 amide bonds. The molecule has 10 heteroatoms. The van der Waals surface area contributed by atoms with Crippen molar-refractivity contribution in [1.82, 2.24) is 0 Å². The summed E-state index contributed by atoms with van der Waals surface area (Å²) >= 11 is 0. The van der Waals surface area contributed by atoms with E-state index < -0.39 is 48.1 Å². The van der Waals surface area contributed by atoms with Crippen LogP contribution >= 0.6 is 0 Å². The summed E-state index contributed by atoms with van der Waals surface area (Å²) in [6, 6.07) is 1.37. The van der Waals surface area contributed by atoms with Gasteiger partial charge in [-0.15, -0.1) is 0 Å². The van der Waals surface area contributed by atoms with E-state index in [1.54, 1.807) is 0 Å². The lowest BCUT2D eigenvalue weighted by molar-refractivity contribution is -0.155. The molecule has 4 nitrogen and oxygen atoms in total. The van der Waals surface area contributed by atoms with Crippen molar-refractivity contribution in [3.8, 4) is 0 Å². The van der Waals surface area contributed by atoms with E-state index in [-0.39, 0.29) is 18.1 Å². The fourth-order valence-corrected chi connectivity index (χ4v) is 2.99. The Morgan fingerprint density at radius 1 is 0.923 bits per heavy atom. The summed E-state index contributed by atoms with van der Waals surface area (Å²) in [5, 5.41) is 0. The minimum absolute atomic E-state index is 0.0748. The fourth-order valence-electron chi connectivity index (χ4n) is 2.99. The van der Waals surface area contributed by atoms with Crippen LogP contribution in [0.1, 0.15) is 29.2 Å². The van der Waals surface area contributed by atoms with Gasteiger partial charge in [-0.3, -0.25) is 0 Å². The van der Waals surface area contributed by atoms with E-state index in [4.69, 9.17) is 18.9 Å². The second-order valence-corrected chi connectivity index (χ2v) is 5.80. The molecule has 3 atom stereocenters. The Kier molecular flexibility index (Phi) is 6.21. The number of alkyl halides is 6. The number of ether oxygens (including phenoxy) is 4. The number of hydrogen-bond donors (Lipinski definition) is 0. The second kappa shape index (κ2) is 7.71. The van der Waals surface area contributed by atoms with E-state index in [1.165, 1.54) is 21.3 Å². The Labute approximate surface area is 146 Å². The highest BCUT2D eigenvalue weighted by molar-refractivity contribution is 5.35. The topological polar surface area (TPSA) is 36.9 Å². The largest absolute Gasteiger partial charge is 0.416 e. The quantitative estimate of drug-likeness (QED) is 0.554. The predicted molar refractivity (Wildman–Crippen MR) is 77.0 cm³/mol. The SMILES string of the molecule is COC(OC)[C@H]1C[C@H](OC)O[C@H]1c1cc(C(F)(F)F)cc(C(F)(F)F)c1. The molecule has 0 unspecified atom stereocenters. The van der Waals surface area contributed by atoms with Gasteiger partial charge in [-0.1, -0.05) is 0 Å². The Morgan fingerprint density at radius 2 is 1.42 bits per heavy atom. The van der Waals surface area contributed by atoms with Crippen molar-refractivity contribution in [3.05, 3.63) is 34.9 Å². The molecule has 26 heavy (non-hydrogen) atoms. The Morgan fingerprint density at radius 3 is 1.81 bits per heavy atom. The van der Waals surface area contributed by atoms with E-state index in [0.29, 0.717) is 12.1 Å². The van der Waals surface area contributed by atoms with Crippen LogP contribution < -0.4 is 0 Å². The molecule has 0 N–H and O–H groups in total. The van der Waals surface area contributed by atoms with Gasteiger partial charge < -0.3 is 18.9 Å². The van der Waals surface area contributed by atoms with Gasteiger partial charge in [0.05, 0.1) is 17.2 Å². The molecule has 0 aromatic heterocycles. The van der Waals surface area contributed by atoms with E-state index >= 15 is 0 Å². The first-order valence-corrected chi connectivity index (χ1v) is 7.54. The fraction of sp³-hybridized carbons (Fsp3) is 0.625. The van der Waals surface area contributed by atoms with Gasteiger partial charge >= 0.3 is 12.4 Å². The van der Waals surface area contributed by atoms with Gasteiger partial charge in [0.2, 0.25) is 0 Å². The third-order valence-corrected chi connectivity index (χ3v) is 4.17. The lowest BCUT2D eigenvalue weighted by Crippen LogP contribution is -2.27. The van der Waals surface area contributed by atoms with Crippen LogP contribution in [0.25, 0.3) is 0 Å². The molecule has 1 aliphatic rings. The van der Waals surface area contributed by atoms with Crippen LogP contribution in [-0.2, 0) is 31.3 Å². The Balaban J connectivity index is 2.53. The molecule has 1 aromatic carbocycles. The number of rotatable bonds is 5. The molecule has 0 bridgehead atoms. The van der Waals surface area contributed by atoms with Crippen molar-refractivity contribution in [1.29, 1.82) is 0 Å². The van der Waals surface area contributed by atoms with E-state index in [1.807, 2.05) is 0 Å². The van der Waals surface area contributed by atoms with Crippen LogP contribution in [0.3, 0.4) is 0 Å². The van der Waals surface area contributed by atoms with Crippen LogP contribution in [0, 0.1) is 5.92 Å². The highest BCUT2D eigenvalue weighted by Gasteiger charge is 2.44. The molecule has 1 heterocycles. The molecular weight excluding hydrogens is 370 g/mol. The highest BCUT2D eigenvalue weighted by atomic mass is 19.4. The molecule has 1 aromatic rings. The van der Waals surface area contributed by atoms with Crippen molar-refractivity contribution in [3.63, 3.8) is 0 Å². The minimum atomic E-state index is -4.94. The molecule has 0 aliphatic carbocycles. The van der Waals surface area contributed by atoms with Crippen LogP contribution in [0.5, 0.6) is 0 Å².